The minimum atomic E-state index is -5.68. The van der Waals surface area contributed by atoms with E-state index in [-0.39, 0.29) is 85.3 Å². The standard InChI is InChI=1S/5Fe.3H4O7P2.H3O4P/c;;;;;3*1-8(2,3)7-9(4,5)6;1-5(2,3)4/h;;;;;3*(H2,1,2,3)(H2,4,5,6);(H3,1,2,3,4)/q5*+3;;;;/p-15. The molecule has 0 aliphatic rings. The zero-order valence-electron chi connectivity index (χ0n) is 15.1. The molecule has 25 nitrogen and oxygen atoms in total. The summed E-state index contributed by atoms with van der Waals surface area (Å²) in [5.41, 5.74) is 0. The maximum atomic E-state index is 9.32. The molecule has 0 aromatic rings. The van der Waals surface area contributed by atoms with Gasteiger partial charge in [-0.15, -0.1) is 0 Å². The molecule has 5 radical (unpaired) electrons. The van der Waals surface area contributed by atoms with E-state index in [1.165, 1.54) is 0 Å². The molecule has 37 heteroatoms. The molecule has 37 heavy (non-hydrogen) atoms. The van der Waals surface area contributed by atoms with E-state index in [4.69, 9.17) is 19.2 Å². The third kappa shape index (κ3) is 120. The largest absolute Gasteiger partial charge is 3.00 e. The molecule has 0 N–H and O–H groups in total. The Labute approximate surface area is 256 Å². The van der Waals surface area contributed by atoms with Gasteiger partial charge in [-0.05, 0) is 0 Å². The first-order valence-corrected chi connectivity index (χ1v) is 15.3. The molecule has 0 amide bonds. The van der Waals surface area contributed by atoms with Crippen LogP contribution in [0.5, 0.6) is 0 Å². The molecule has 0 heterocycles. The normalized spacial score (nSPS) is 11.6. The predicted molar refractivity (Wildman–Crippen MR) is 56.5 cm³/mol. The van der Waals surface area contributed by atoms with Gasteiger partial charge in [0.15, 0.2) is 0 Å². The summed E-state index contributed by atoms with van der Waals surface area (Å²) in [4.78, 5) is 138. The smallest absolute Gasteiger partial charge is 0.822 e. The van der Waals surface area contributed by atoms with E-state index in [1.54, 1.807) is 0 Å². The molecule has 0 bridgehead atoms. The molecule has 0 atom stereocenters. The van der Waals surface area contributed by atoms with Crippen molar-refractivity contribution in [3.05, 3.63) is 0 Å². The van der Waals surface area contributed by atoms with Crippen LogP contribution in [0.4, 0.5) is 0 Å². The minimum Gasteiger partial charge on any atom is -0.822 e. The third-order valence-electron chi connectivity index (χ3n) is 0.600. The first-order valence-electron chi connectivity index (χ1n) is 5.11. The van der Waals surface area contributed by atoms with Crippen molar-refractivity contribution in [1.29, 1.82) is 0 Å². The van der Waals surface area contributed by atoms with E-state index < -0.39 is 54.8 Å². The minimum absolute atomic E-state index is 0. The van der Waals surface area contributed by atoms with Gasteiger partial charge in [0.1, 0.15) is 0 Å². The van der Waals surface area contributed by atoms with Gasteiger partial charge in [-0.2, -0.15) is 7.82 Å². The Hall–Kier alpha value is 3.49. The number of rotatable bonds is 6. The first kappa shape index (κ1) is 63.7. The van der Waals surface area contributed by atoms with E-state index in [2.05, 4.69) is 12.9 Å². The maximum absolute atomic E-state index is 9.32. The molecule has 0 fully saturated rings. The van der Waals surface area contributed by atoms with Gasteiger partial charge in [-0.3, -0.25) is 0 Å². The second-order valence-electron chi connectivity index (χ2n) is 3.38. The van der Waals surface area contributed by atoms with Crippen molar-refractivity contribution in [2.24, 2.45) is 0 Å². The van der Waals surface area contributed by atoms with Gasteiger partial charge >= 0.3 is 85.3 Å². The molecule has 0 aliphatic carbocycles. The molecule has 0 aromatic heterocycles. The first-order chi connectivity index (χ1) is 13.1. The van der Waals surface area contributed by atoms with Crippen molar-refractivity contribution in [3.63, 3.8) is 0 Å². The van der Waals surface area contributed by atoms with Crippen LogP contribution in [-0.2, 0) is 130 Å². The van der Waals surface area contributed by atoms with Gasteiger partial charge in [-0.1, -0.05) is 0 Å². The fourth-order valence-corrected chi connectivity index (χ4v) is 3.31. The Morgan fingerprint density at radius 1 is 0.270 bits per heavy atom. The summed E-state index contributed by atoms with van der Waals surface area (Å²) in [6.45, 7) is 0. The fourth-order valence-electron chi connectivity index (χ4n) is 0.367. The van der Waals surface area contributed by atoms with Gasteiger partial charge in [-0.25, -0.2) is 0 Å². The zero-order chi connectivity index (χ0) is 27.6. The molecule has 225 valence electrons. The quantitative estimate of drug-likeness (QED) is 0.176. The van der Waals surface area contributed by atoms with Crippen molar-refractivity contribution >= 4 is 54.8 Å². The van der Waals surface area contributed by atoms with Crippen LogP contribution in [0.25, 0.3) is 0 Å². The predicted octanol–water partition coefficient (Wildman–Crippen LogP) is -12.9. The Morgan fingerprint density at radius 2 is 0.324 bits per heavy atom. The molecular formula is Fe5O25P7. The Bertz CT molecular complexity index is 697. The van der Waals surface area contributed by atoms with Crippen molar-refractivity contribution in [2.45, 2.75) is 0 Å². The van der Waals surface area contributed by atoms with Gasteiger partial charge in [0.25, 0.3) is 0 Å². The van der Waals surface area contributed by atoms with Crippen LogP contribution >= 0.6 is 54.8 Å². The average molecular weight is 896 g/mol. The van der Waals surface area contributed by atoms with Crippen molar-refractivity contribution in [1.82, 2.24) is 0 Å². The van der Waals surface area contributed by atoms with Gasteiger partial charge in [0.2, 0.25) is 0 Å². The number of hydrogen-bond donors (Lipinski definition) is 0. The number of hydrogen-bond acceptors (Lipinski definition) is 25. The van der Waals surface area contributed by atoms with Gasteiger partial charge in [0, 0.05) is 0 Å². The van der Waals surface area contributed by atoms with E-state index in [9.17, 15) is 86.1 Å². The SMILES string of the molecule is O=P([O-])([O-])OP(=O)([O-])[O-].O=P([O-])([O-])OP(=O)([O-])[O-].O=P([O-])([O-])OP(=O)([O-])[O-].O=P([O-])([O-])[O-].[Fe+3].[Fe+3].[Fe+3].[Fe+3].[Fe+3]. The van der Waals surface area contributed by atoms with E-state index in [1.807, 2.05) is 0 Å². The van der Waals surface area contributed by atoms with Crippen molar-refractivity contribution in [3.8, 4) is 0 Å². The molecule has 0 saturated heterocycles. The summed E-state index contributed by atoms with van der Waals surface area (Å²) in [5.74, 6) is 0. The van der Waals surface area contributed by atoms with Crippen LogP contribution in [0, 0.1) is 0 Å². The van der Waals surface area contributed by atoms with Gasteiger partial charge in [0.05, 0.1) is 46.9 Å². The average Bonchev–Trinajstić information content (AvgIpc) is 2.08. The summed E-state index contributed by atoms with van der Waals surface area (Å²) in [6, 6.07) is 0. The zero-order valence-corrected chi connectivity index (χ0v) is 26.9. The van der Waals surface area contributed by atoms with Crippen LogP contribution < -0.4 is 73.4 Å². The molecule has 0 aliphatic heterocycles. The summed E-state index contributed by atoms with van der Waals surface area (Å²) < 4.78 is 72.0. The Kier molecular flexibility index (Phi) is 42.8. The molecular weight excluding hydrogens is 896 g/mol. The van der Waals surface area contributed by atoms with E-state index in [0.29, 0.717) is 0 Å². The third-order valence-corrected chi connectivity index (χ3v) is 5.40. The number of phosphoric acid groups is 7. The van der Waals surface area contributed by atoms with E-state index >= 15 is 0 Å². The van der Waals surface area contributed by atoms with Crippen LogP contribution in [0.2, 0.25) is 0 Å². The van der Waals surface area contributed by atoms with Crippen molar-refractivity contribution in [2.75, 3.05) is 0 Å². The topological polar surface area (TPSA) is 493 Å². The van der Waals surface area contributed by atoms with Crippen LogP contribution in [0.3, 0.4) is 0 Å². The molecule has 0 rings (SSSR count). The Morgan fingerprint density at radius 3 is 0.324 bits per heavy atom. The second kappa shape index (κ2) is 24.9. The summed E-state index contributed by atoms with van der Waals surface area (Å²) in [6.07, 6.45) is 0. The van der Waals surface area contributed by atoms with Gasteiger partial charge < -0.3 is 118 Å². The summed E-state index contributed by atoms with van der Waals surface area (Å²) >= 11 is 0. The van der Waals surface area contributed by atoms with Crippen molar-refractivity contribution < 1.29 is 204 Å². The van der Waals surface area contributed by atoms with E-state index in [0.717, 1.165) is 0 Å². The van der Waals surface area contributed by atoms with Crippen LogP contribution in [0.1, 0.15) is 0 Å². The molecule has 0 unspecified atom stereocenters. The molecule has 0 aromatic carbocycles. The fraction of sp³-hybridized carbons (Fsp3) is 0. The van der Waals surface area contributed by atoms with Crippen LogP contribution in [0.15, 0.2) is 0 Å². The second-order valence-corrected chi connectivity index (χ2v) is 11.6. The summed E-state index contributed by atoms with van der Waals surface area (Å²) in [7, 11) is -39.4. The molecule has 0 saturated carbocycles. The monoisotopic (exact) mass is 896 g/mol. The Balaban J connectivity index is -0.0000000393. The van der Waals surface area contributed by atoms with Crippen LogP contribution in [-0.4, -0.2) is 0 Å². The summed E-state index contributed by atoms with van der Waals surface area (Å²) in [5, 5.41) is 0. The maximum Gasteiger partial charge on any atom is 3.00 e. The molecule has 0 spiro atoms.